The summed E-state index contributed by atoms with van der Waals surface area (Å²) in [4.78, 5) is 10.8. The summed E-state index contributed by atoms with van der Waals surface area (Å²) in [6.07, 6.45) is 1.58. The first-order chi connectivity index (χ1) is 4.88. The molecule has 0 aromatic carbocycles. The number of hydrogen-bond donors (Lipinski definition) is 0. The second-order valence-electron chi connectivity index (χ2n) is 3.32. The third kappa shape index (κ3) is 4.15. The number of carbonyl (C=O) groups is 1. The van der Waals surface area contributed by atoms with Crippen LogP contribution in [0.5, 0.6) is 0 Å². The highest BCUT2D eigenvalue weighted by molar-refractivity contribution is 7.77. The van der Waals surface area contributed by atoms with Crippen LogP contribution < -0.4 is 0 Å². The molecule has 0 aliphatic carbocycles. The summed E-state index contributed by atoms with van der Waals surface area (Å²) in [5.74, 6) is -0.252. The minimum Gasteiger partial charge on any atom is -0.466 e. The highest BCUT2D eigenvalue weighted by Crippen LogP contribution is 2.54. The van der Waals surface area contributed by atoms with Gasteiger partial charge in [0.25, 0.3) is 0 Å². The molecule has 0 saturated carbocycles. The summed E-state index contributed by atoms with van der Waals surface area (Å²) in [5.41, 5.74) is 0. The molecule has 0 fully saturated rings. The summed E-state index contributed by atoms with van der Waals surface area (Å²) >= 11 is 0. The first-order valence-electron chi connectivity index (χ1n) is 3.46. The van der Waals surface area contributed by atoms with Crippen LogP contribution in [0.25, 0.3) is 0 Å². The van der Waals surface area contributed by atoms with Gasteiger partial charge < -0.3 is 4.74 Å². The van der Waals surface area contributed by atoms with Crippen molar-refractivity contribution in [3.05, 3.63) is 11.4 Å². The van der Waals surface area contributed by atoms with E-state index in [2.05, 4.69) is 24.7 Å². The van der Waals surface area contributed by atoms with Crippen molar-refractivity contribution in [3.8, 4) is 0 Å². The van der Waals surface area contributed by atoms with Gasteiger partial charge >= 0.3 is 5.97 Å². The van der Waals surface area contributed by atoms with Gasteiger partial charge in [-0.15, -0.1) is 0 Å². The number of carbonyl (C=O) groups excluding carboxylic acids is 1. The van der Waals surface area contributed by atoms with Crippen LogP contribution in [-0.2, 0) is 9.53 Å². The van der Waals surface area contributed by atoms with Gasteiger partial charge in [0, 0.05) is 7.26 Å². The Bertz CT molecular complexity index is 177. The zero-order valence-electron chi connectivity index (χ0n) is 7.84. The Hall–Kier alpha value is -0.360. The van der Waals surface area contributed by atoms with Gasteiger partial charge in [0.1, 0.15) is 0 Å². The van der Waals surface area contributed by atoms with Crippen molar-refractivity contribution in [2.45, 2.75) is 6.92 Å². The topological polar surface area (TPSA) is 26.3 Å². The molecule has 0 aromatic rings. The maximum atomic E-state index is 10.8. The van der Waals surface area contributed by atoms with Crippen LogP contribution >= 0.6 is 7.26 Å². The van der Waals surface area contributed by atoms with Crippen molar-refractivity contribution in [1.82, 2.24) is 0 Å². The summed E-state index contributed by atoms with van der Waals surface area (Å²) in [5, 5.41) is 1.14. The summed E-state index contributed by atoms with van der Waals surface area (Å²) in [6.45, 7) is 8.48. The van der Waals surface area contributed by atoms with Crippen molar-refractivity contribution in [1.29, 1.82) is 0 Å². The molecular weight excluding hydrogens is 159 g/mol. The average Bonchev–Trinajstić information content (AvgIpc) is 1.85. The molecule has 0 bridgehead atoms. The molecule has 3 heteroatoms. The Kier molecular flexibility index (Phi) is 3.74. The standard InChI is InChI=1S/C8H16O2P/c1-7(11(3,4)5)6-8(9)10-2/h6H,1-5H3/q+1/b7-6+. The SMILES string of the molecule is COC(=O)/C=C(\C)[P+](C)(C)C. The first kappa shape index (κ1) is 10.6. The van der Waals surface area contributed by atoms with Crippen molar-refractivity contribution in [3.63, 3.8) is 0 Å². The smallest absolute Gasteiger partial charge is 0.334 e. The fourth-order valence-electron chi connectivity index (χ4n) is 0.423. The van der Waals surface area contributed by atoms with Gasteiger partial charge in [0.15, 0.2) is 0 Å². The van der Waals surface area contributed by atoms with Gasteiger partial charge in [0.05, 0.1) is 38.5 Å². The Morgan fingerprint density at radius 1 is 1.36 bits per heavy atom. The maximum absolute atomic E-state index is 10.8. The van der Waals surface area contributed by atoms with Gasteiger partial charge in [-0.2, -0.15) is 0 Å². The van der Waals surface area contributed by atoms with Crippen molar-refractivity contribution in [2.24, 2.45) is 0 Å². The fourth-order valence-corrected chi connectivity index (χ4v) is 0.916. The Labute approximate surface area is 69.0 Å². The highest BCUT2D eigenvalue weighted by Gasteiger charge is 2.21. The van der Waals surface area contributed by atoms with E-state index in [1.54, 1.807) is 6.08 Å². The van der Waals surface area contributed by atoms with Crippen LogP contribution in [-0.4, -0.2) is 33.1 Å². The molecule has 0 N–H and O–H groups in total. The normalized spacial score (nSPS) is 13.0. The number of rotatable bonds is 2. The molecule has 11 heavy (non-hydrogen) atoms. The van der Waals surface area contributed by atoms with E-state index < -0.39 is 7.26 Å². The van der Waals surface area contributed by atoms with Crippen LogP contribution in [0.1, 0.15) is 6.92 Å². The first-order valence-corrected chi connectivity index (χ1v) is 6.59. The Morgan fingerprint density at radius 2 is 1.82 bits per heavy atom. The molecule has 0 aliphatic heterocycles. The molecule has 0 atom stereocenters. The fraction of sp³-hybridized carbons (Fsp3) is 0.625. The van der Waals surface area contributed by atoms with E-state index in [-0.39, 0.29) is 5.97 Å². The number of methoxy groups -OCH3 is 1. The van der Waals surface area contributed by atoms with Crippen molar-refractivity contribution in [2.75, 3.05) is 27.1 Å². The molecule has 0 amide bonds. The van der Waals surface area contributed by atoms with E-state index in [1.165, 1.54) is 7.11 Å². The minimum absolute atomic E-state index is 0.252. The number of allylic oxidation sites excluding steroid dienone is 1. The van der Waals surface area contributed by atoms with Gasteiger partial charge in [0.2, 0.25) is 0 Å². The molecule has 0 unspecified atom stereocenters. The second-order valence-corrected chi connectivity index (χ2v) is 8.05. The van der Waals surface area contributed by atoms with Crippen LogP contribution in [0.4, 0.5) is 0 Å². The highest BCUT2D eigenvalue weighted by atomic mass is 31.2. The van der Waals surface area contributed by atoms with Crippen LogP contribution in [0.2, 0.25) is 0 Å². The molecule has 0 aliphatic rings. The monoisotopic (exact) mass is 175 g/mol. The average molecular weight is 175 g/mol. The zero-order valence-corrected chi connectivity index (χ0v) is 8.74. The van der Waals surface area contributed by atoms with E-state index in [0.29, 0.717) is 0 Å². The lowest BCUT2D eigenvalue weighted by atomic mass is 10.5. The molecule has 64 valence electrons. The summed E-state index contributed by atoms with van der Waals surface area (Å²) in [7, 11) is 0.383. The lowest BCUT2D eigenvalue weighted by Crippen LogP contribution is -1.97. The molecule has 0 rings (SSSR count). The zero-order chi connectivity index (χ0) is 9.07. The second kappa shape index (κ2) is 3.87. The van der Waals surface area contributed by atoms with Crippen LogP contribution in [0.15, 0.2) is 11.4 Å². The van der Waals surface area contributed by atoms with E-state index in [9.17, 15) is 4.79 Å². The molecule has 0 spiro atoms. The lowest BCUT2D eigenvalue weighted by molar-refractivity contribution is -0.134. The minimum atomic E-state index is -1.01. The van der Waals surface area contributed by atoms with Crippen LogP contribution in [0, 0.1) is 0 Å². The van der Waals surface area contributed by atoms with E-state index in [4.69, 9.17) is 0 Å². The van der Waals surface area contributed by atoms with E-state index >= 15 is 0 Å². The molecule has 0 aromatic heterocycles. The predicted molar refractivity (Wildman–Crippen MR) is 50.5 cm³/mol. The number of hydrogen-bond acceptors (Lipinski definition) is 2. The largest absolute Gasteiger partial charge is 0.466 e. The van der Waals surface area contributed by atoms with E-state index in [0.717, 1.165) is 5.31 Å². The Morgan fingerprint density at radius 3 is 2.09 bits per heavy atom. The molecule has 0 saturated heterocycles. The van der Waals surface area contributed by atoms with Gasteiger partial charge in [-0.05, 0) is 6.92 Å². The molecule has 0 heterocycles. The quantitative estimate of drug-likeness (QED) is 0.364. The van der Waals surface area contributed by atoms with Gasteiger partial charge in [-0.1, -0.05) is 0 Å². The Balaban J connectivity index is 4.35. The van der Waals surface area contributed by atoms with Crippen molar-refractivity contribution < 1.29 is 9.53 Å². The van der Waals surface area contributed by atoms with Crippen molar-refractivity contribution >= 4 is 13.2 Å². The van der Waals surface area contributed by atoms with E-state index in [1.807, 2.05) is 6.92 Å². The predicted octanol–water partition coefficient (Wildman–Crippen LogP) is 1.97. The number of ether oxygens (including phenoxy) is 1. The molecule has 0 radical (unpaired) electrons. The maximum Gasteiger partial charge on any atom is 0.334 e. The third-order valence-electron chi connectivity index (χ3n) is 1.59. The number of esters is 1. The third-order valence-corrected chi connectivity index (χ3v) is 3.83. The summed E-state index contributed by atoms with van der Waals surface area (Å²) < 4.78 is 4.52. The summed E-state index contributed by atoms with van der Waals surface area (Å²) in [6, 6.07) is 0. The molecular formula is C8H16O2P+. The van der Waals surface area contributed by atoms with Gasteiger partial charge in [-0.25, -0.2) is 4.79 Å². The lowest BCUT2D eigenvalue weighted by Gasteiger charge is -2.10. The van der Waals surface area contributed by atoms with Crippen LogP contribution in [0.3, 0.4) is 0 Å². The van der Waals surface area contributed by atoms with Gasteiger partial charge in [-0.3, -0.25) is 0 Å². The molecule has 2 nitrogen and oxygen atoms in total.